The molecule has 1 fully saturated rings. The van der Waals surface area contributed by atoms with Crippen LogP contribution < -0.4 is 11.1 Å². The molecule has 4 N–H and O–H groups in total. The summed E-state index contributed by atoms with van der Waals surface area (Å²) < 4.78 is 13.7. The number of anilines is 1. The van der Waals surface area contributed by atoms with Crippen LogP contribution in [0.4, 0.5) is 10.1 Å². The van der Waals surface area contributed by atoms with Gasteiger partial charge in [-0.2, -0.15) is 0 Å². The summed E-state index contributed by atoms with van der Waals surface area (Å²) in [5.41, 5.74) is 6.33. The molecule has 0 spiro atoms. The average Bonchev–Trinajstić information content (AvgIpc) is 2.31. The topological polar surface area (TPSA) is 58.3 Å². The molecule has 5 heteroatoms. The van der Waals surface area contributed by atoms with E-state index < -0.39 is 11.9 Å². The standard InChI is InChI=1S/C13H17FN2OS/c14-8-4-3-6-10(12(8)13(15)18)16-9-5-1-2-7-11(9)17/h3-4,6,9,11,16-17H,1-2,5,7H2,(H2,15,18). The summed E-state index contributed by atoms with van der Waals surface area (Å²) in [7, 11) is 0. The summed E-state index contributed by atoms with van der Waals surface area (Å²) in [5, 5.41) is 13.1. The summed E-state index contributed by atoms with van der Waals surface area (Å²) in [5.74, 6) is -0.433. The van der Waals surface area contributed by atoms with Crippen LogP contribution in [-0.4, -0.2) is 22.2 Å². The van der Waals surface area contributed by atoms with Gasteiger partial charge in [0.2, 0.25) is 0 Å². The predicted molar refractivity (Wildman–Crippen MR) is 74.2 cm³/mol. The Hall–Kier alpha value is -1.20. The maximum Gasteiger partial charge on any atom is 0.135 e. The first-order valence-electron chi connectivity index (χ1n) is 6.12. The Morgan fingerprint density at radius 3 is 2.78 bits per heavy atom. The minimum atomic E-state index is -0.433. The van der Waals surface area contributed by atoms with E-state index in [0.29, 0.717) is 5.69 Å². The van der Waals surface area contributed by atoms with Crippen LogP contribution in [0.3, 0.4) is 0 Å². The predicted octanol–water partition coefficient (Wildman–Crippen LogP) is 2.18. The van der Waals surface area contributed by atoms with E-state index in [1.165, 1.54) is 6.07 Å². The Kier molecular flexibility index (Phi) is 4.14. The third-order valence-corrected chi connectivity index (χ3v) is 3.53. The maximum atomic E-state index is 13.7. The molecular weight excluding hydrogens is 251 g/mol. The van der Waals surface area contributed by atoms with E-state index in [-0.39, 0.29) is 16.6 Å². The van der Waals surface area contributed by atoms with Gasteiger partial charge in [0.15, 0.2) is 0 Å². The fourth-order valence-electron chi connectivity index (χ4n) is 2.37. The molecule has 1 saturated carbocycles. The molecule has 98 valence electrons. The van der Waals surface area contributed by atoms with Crippen LogP contribution in [0.15, 0.2) is 18.2 Å². The van der Waals surface area contributed by atoms with Gasteiger partial charge in [-0.3, -0.25) is 0 Å². The molecule has 1 aliphatic carbocycles. The van der Waals surface area contributed by atoms with Crippen molar-refractivity contribution in [2.75, 3.05) is 5.32 Å². The summed E-state index contributed by atoms with van der Waals surface area (Å²) in [6.45, 7) is 0. The van der Waals surface area contributed by atoms with E-state index in [9.17, 15) is 9.50 Å². The smallest absolute Gasteiger partial charge is 0.135 e. The summed E-state index contributed by atoms with van der Waals surface area (Å²) in [6, 6.07) is 4.61. The van der Waals surface area contributed by atoms with Crippen molar-refractivity contribution >= 4 is 22.9 Å². The van der Waals surface area contributed by atoms with Crippen molar-refractivity contribution in [2.24, 2.45) is 5.73 Å². The van der Waals surface area contributed by atoms with Gasteiger partial charge >= 0.3 is 0 Å². The summed E-state index contributed by atoms with van der Waals surface area (Å²) >= 11 is 4.87. The normalized spacial score (nSPS) is 23.7. The first-order valence-corrected chi connectivity index (χ1v) is 6.53. The monoisotopic (exact) mass is 268 g/mol. The lowest BCUT2D eigenvalue weighted by Crippen LogP contribution is -2.37. The largest absolute Gasteiger partial charge is 0.391 e. The van der Waals surface area contributed by atoms with Crippen molar-refractivity contribution in [1.82, 2.24) is 0 Å². The van der Waals surface area contributed by atoms with E-state index in [2.05, 4.69) is 5.32 Å². The van der Waals surface area contributed by atoms with Gasteiger partial charge in [0, 0.05) is 5.69 Å². The fourth-order valence-corrected chi connectivity index (χ4v) is 2.58. The molecule has 2 unspecified atom stereocenters. The second kappa shape index (κ2) is 5.63. The van der Waals surface area contributed by atoms with Crippen LogP contribution in [0, 0.1) is 5.82 Å². The summed E-state index contributed by atoms with van der Waals surface area (Å²) in [6.07, 6.45) is 3.34. The molecule has 0 bridgehead atoms. The first-order chi connectivity index (χ1) is 8.59. The zero-order valence-corrected chi connectivity index (χ0v) is 10.8. The third kappa shape index (κ3) is 2.79. The molecule has 0 saturated heterocycles. The SMILES string of the molecule is NC(=S)c1c(F)cccc1NC1CCCCC1O. The van der Waals surface area contributed by atoms with Crippen LogP contribution in [0.25, 0.3) is 0 Å². The molecule has 0 aliphatic heterocycles. The van der Waals surface area contributed by atoms with E-state index in [4.69, 9.17) is 18.0 Å². The number of hydrogen-bond donors (Lipinski definition) is 3. The highest BCUT2D eigenvalue weighted by Gasteiger charge is 2.24. The Labute approximate surface area is 111 Å². The van der Waals surface area contributed by atoms with Crippen LogP contribution >= 0.6 is 12.2 Å². The fraction of sp³-hybridized carbons (Fsp3) is 0.462. The average molecular weight is 268 g/mol. The third-order valence-electron chi connectivity index (χ3n) is 3.33. The number of benzene rings is 1. The molecule has 1 aliphatic rings. The number of nitrogens with one attached hydrogen (secondary N) is 1. The number of nitrogens with two attached hydrogens (primary N) is 1. The van der Waals surface area contributed by atoms with E-state index in [0.717, 1.165) is 25.7 Å². The molecule has 2 atom stereocenters. The van der Waals surface area contributed by atoms with Gasteiger partial charge in [-0.1, -0.05) is 31.1 Å². The van der Waals surface area contributed by atoms with Crippen molar-refractivity contribution in [3.8, 4) is 0 Å². The van der Waals surface area contributed by atoms with Crippen molar-refractivity contribution in [3.63, 3.8) is 0 Å². The minimum Gasteiger partial charge on any atom is -0.391 e. The van der Waals surface area contributed by atoms with Crippen LogP contribution in [0.2, 0.25) is 0 Å². The van der Waals surface area contributed by atoms with Crippen LogP contribution in [-0.2, 0) is 0 Å². The Morgan fingerprint density at radius 1 is 1.39 bits per heavy atom. The van der Waals surface area contributed by atoms with Gasteiger partial charge in [0.05, 0.1) is 17.7 Å². The van der Waals surface area contributed by atoms with Crippen molar-refractivity contribution in [1.29, 1.82) is 0 Å². The molecule has 0 radical (unpaired) electrons. The minimum absolute atomic E-state index is 0.0286. The molecule has 0 amide bonds. The number of aliphatic hydroxyl groups is 1. The lowest BCUT2D eigenvalue weighted by Gasteiger charge is -2.30. The zero-order valence-electron chi connectivity index (χ0n) is 10.0. The van der Waals surface area contributed by atoms with Gasteiger partial charge in [-0.25, -0.2) is 4.39 Å². The number of hydrogen-bond acceptors (Lipinski definition) is 3. The first kappa shape index (κ1) is 13.2. The second-order valence-corrected chi connectivity index (χ2v) is 5.07. The van der Waals surface area contributed by atoms with E-state index in [1.54, 1.807) is 12.1 Å². The van der Waals surface area contributed by atoms with Gasteiger partial charge in [-0.05, 0) is 25.0 Å². The van der Waals surface area contributed by atoms with Crippen LogP contribution in [0.1, 0.15) is 31.2 Å². The Balaban J connectivity index is 2.23. The second-order valence-electron chi connectivity index (χ2n) is 4.63. The highest BCUT2D eigenvalue weighted by Crippen LogP contribution is 2.25. The number of halogens is 1. The lowest BCUT2D eigenvalue weighted by molar-refractivity contribution is 0.116. The zero-order chi connectivity index (χ0) is 13.1. The Morgan fingerprint density at radius 2 is 2.11 bits per heavy atom. The summed E-state index contributed by atoms with van der Waals surface area (Å²) in [4.78, 5) is 0.0286. The van der Waals surface area contributed by atoms with Gasteiger partial charge in [0.1, 0.15) is 10.8 Å². The number of thiocarbonyl (C=S) groups is 1. The van der Waals surface area contributed by atoms with E-state index >= 15 is 0 Å². The van der Waals surface area contributed by atoms with Gasteiger partial charge in [0.25, 0.3) is 0 Å². The molecule has 3 nitrogen and oxygen atoms in total. The van der Waals surface area contributed by atoms with Crippen molar-refractivity contribution in [2.45, 2.75) is 37.8 Å². The van der Waals surface area contributed by atoms with Crippen LogP contribution in [0.5, 0.6) is 0 Å². The molecule has 1 aromatic carbocycles. The molecule has 0 aromatic heterocycles. The highest BCUT2D eigenvalue weighted by atomic mass is 32.1. The molecule has 0 heterocycles. The van der Waals surface area contributed by atoms with Gasteiger partial charge < -0.3 is 16.2 Å². The quantitative estimate of drug-likeness (QED) is 0.735. The molecule has 2 rings (SSSR count). The number of aliphatic hydroxyl groups excluding tert-OH is 1. The maximum absolute atomic E-state index is 13.7. The van der Waals surface area contributed by atoms with Crippen molar-refractivity contribution in [3.05, 3.63) is 29.6 Å². The van der Waals surface area contributed by atoms with Crippen molar-refractivity contribution < 1.29 is 9.50 Å². The number of rotatable bonds is 3. The Bertz CT molecular complexity index is 453. The molecule has 18 heavy (non-hydrogen) atoms. The molecular formula is C13H17FN2OS. The van der Waals surface area contributed by atoms with E-state index in [1.807, 2.05) is 0 Å². The molecule has 1 aromatic rings. The highest BCUT2D eigenvalue weighted by molar-refractivity contribution is 7.80. The van der Waals surface area contributed by atoms with Gasteiger partial charge in [-0.15, -0.1) is 0 Å². The lowest BCUT2D eigenvalue weighted by atomic mass is 9.92.